The molecular formula is C16H15ClN2O. The molecule has 2 rings (SSSR count). The van der Waals surface area contributed by atoms with E-state index >= 15 is 0 Å². The predicted octanol–water partition coefficient (Wildman–Crippen LogP) is 3.79. The van der Waals surface area contributed by atoms with Gasteiger partial charge in [-0.2, -0.15) is 0 Å². The molecule has 0 aliphatic rings. The molecule has 3 nitrogen and oxygen atoms in total. The summed E-state index contributed by atoms with van der Waals surface area (Å²) < 4.78 is 0. The molecule has 102 valence electrons. The van der Waals surface area contributed by atoms with E-state index in [1.165, 1.54) is 0 Å². The number of rotatable bonds is 4. The highest BCUT2D eigenvalue weighted by Crippen LogP contribution is 2.25. The average Bonchev–Trinajstić information content (AvgIpc) is 2.46. The molecule has 0 aliphatic heterocycles. The van der Waals surface area contributed by atoms with Crippen LogP contribution in [0.5, 0.6) is 0 Å². The maximum atomic E-state index is 12.5. The average molecular weight is 287 g/mol. The summed E-state index contributed by atoms with van der Waals surface area (Å²) in [6.07, 6.45) is 1.66. The Morgan fingerprint density at radius 1 is 1.15 bits per heavy atom. The van der Waals surface area contributed by atoms with Gasteiger partial charge in [0, 0.05) is 30.2 Å². The van der Waals surface area contributed by atoms with Crippen molar-refractivity contribution < 1.29 is 4.79 Å². The van der Waals surface area contributed by atoms with Gasteiger partial charge in [-0.3, -0.25) is 4.79 Å². The van der Waals surface area contributed by atoms with Gasteiger partial charge < -0.3 is 4.90 Å². The van der Waals surface area contributed by atoms with E-state index < -0.39 is 0 Å². The number of aliphatic imine (C=N–C) groups is 1. The maximum Gasteiger partial charge on any atom is 0.195 e. The Hall–Kier alpha value is -2.13. The second-order valence-electron chi connectivity index (χ2n) is 4.56. The molecule has 20 heavy (non-hydrogen) atoms. The Balaban J connectivity index is 2.44. The van der Waals surface area contributed by atoms with Gasteiger partial charge in [-0.15, -0.1) is 0 Å². The summed E-state index contributed by atoms with van der Waals surface area (Å²) in [4.78, 5) is 18.6. The van der Waals surface area contributed by atoms with Crippen molar-refractivity contribution in [1.29, 1.82) is 0 Å². The fourth-order valence-electron chi connectivity index (χ4n) is 1.73. The summed E-state index contributed by atoms with van der Waals surface area (Å²) in [6, 6.07) is 14.2. The van der Waals surface area contributed by atoms with Crippen molar-refractivity contribution in [2.45, 2.75) is 0 Å². The second-order valence-corrected chi connectivity index (χ2v) is 5.00. The third-order valence-electron chi connectivity index (χ3n) is 2.67. The molecule has 0 unspecified atom stereocenters. The Morgan fingerprint density at radius 2 is 1.85 bits per heavy atom. The normalized spacial score (nSPS) is 10.8. The third-order valence-corrected chi connectivity index (χ3v) is 2.90. The van der Waals surface area contributed by atoms with E-state index in [2.05, 4.69) is 4.99 Å². The van der Waals surface area contributed by atoms with Gasteiger partial charge in [-0.1, -0.05) is 41.9 Å². The van der Waals surface area contributed by atoms with Crippen LogP contribution in [0, 0.1) is 0 Å². The van der Waals surface area contributed by atoms with Crippen LogP contribution >= 0.6 is 11.6 Å². The minimum atomic E-state index is -0.0843. The molecule has 0 saturated heterocycles. The van der Waals surface area contributed by atoms with Crippen LogP contribution in [-0.4, -0.2) is 31.1 Å². The minimum Gasteiger partial charge on any atom is -0.369 e. The first-order chi connectivity index (χ1) is 9.58. The number of hydrogen-bond donors (Lipinski definition) is 0. The Labute approximate surface area is 123 Å². The molecule has 2 aromatic carbocycles. The van der Waals surface area contributed by atoms with E-state index in [9.17, 15) is 4.79 Å². The highest BCUT2D eigenvalue weighted by Gasteiger charge is 2.13. The van der Waals surface area contributed by atoms with Crippen molar-refractivity contribution in [3.63, 3.8) is 0 Å². The lowest BCUT2D eigenvalue weighted by molar-refractivity contribution is 0.103. The summed E-state index contributed by atoms with van der Waals surface area (Å²) in [5, 5.41) is 0.521. The number of nitrogens with zero attached hydrogens (tertiary/aromatic N) is 2. The van der Waals surface area contributed by atoms with Gasteiger partial charge in [0.1, 0.15) is 0 Å². The SMILES string of the molecule is CN(C)/C=N/c1ccc(Cl)cc1C(=O)c1ccccc1. The molecule has 0 fully saturated rings. The molecule has 0 saturated carbocycles. The Morgan fingerprint density at radius 3 is 2.50 bits per heavy atom. The van der Waals surface area contributed by atoms with Crippen LogP contribution < -0.4 is 0 Å². The number of carbonyl (C=O) groups excluding carboxylic acids is 1. The van der Waals surface area contributed by atoms with Gasteiger partial charge in [0.05, 0.1) is 12.0 Å². The molecule has 0 N–H and O–H groups in total. The molecule has 0 heterocycles. The van der Waals surface area contributed by atoms with E-state index in [0.717, 1.165) is 0 Å². The predicted molar refractivity (Wildman–Crippen MR) is 83.2 cm³/mol. The van der Waals surface area contributed by atoms with Gasteiger partial charge in [-0.05, 0) is 18.2 Å². The molecule has 0 spiro atoms. The molecule has 0 radical (unpaired) electrons. The largest absolute Gasteiger partial charge is 0.369 e. The Kier molecular flexibility index (Phi) is 4.53. The van der Waals surface area contributed by atoms with E-state index in [1.54, 1.807) is 36.7 Å². The van der Waals surface area contributed by atoms with Crippen LogP contribution in [-0.2, 0) is 0 Å². The number of hydrogen-bond acceptors (Lipinski definition) is 2. The minimum absolute atomic E-state index is 0.0843. The highest BCUT2D eigenvalue weighted by atomic mass is 35.5. The van der Waals surface area contributed by atoms with Crippen molar-refractivity contribution in [3.8, 4) is 0 Å². The topological polar surface area (TPSA) is 32.7 Å². The van der Waals surface area contributed by atoms with E-state index in [-0.39, 0.29) is 5.78 Å². The number of ketones is 1. The molecule has 0 aliphatic carbocycles. The monoisotopic (exact) mass is 286 g/mol. The Bertz CT molecular complexity index is 636. The van der Waals surface area contributed by atoms with Gasteiger partial charge >= 0.3 is 0 Å². The molecule has 0 aromatic heterocycles. The quantitative estimate of drug-likeness (QED) is 0.487. The van der Waals surface area contributed by atoms with Crippen LogP contribution in [0.25, 0.3) is 0 Å². The number of benzene rings is 2. The van der Waals surface area contributed by atoms with Crippen LogP contribution in [0.3, 0.4) is 0 Å². The van der Waals surface area contributed by atoms with Crippen LogP contribution in [0.2, 0.25) is 5.02 Å². The molecule has 0 atom stereocenters. The van der Waals surface area contributed by atoms with Crippen molar-refractivity contribution in [1.82, 2.24) is 4.90 Å². The van der Waals surface area contributed by atoms with Crippen LogP contribution in [0.1, 0.15) is 15.9 Å². The van der Waals surface area contributed by atoms with E-state index in [1.807, 2.05) is 37.2 Å². The fraction of sp³-hybridized carbons (Fsp3) is 0.125. The lowest BCUT2D eigenvalue weighted by Crippen LogP contribution is -2.08. The lowest BCUT2D eigenvalue weighted by Gasteiger charge is -2.07. The molecule has 0 amide bonds. The number of carbonyl (C=O) groups is 1. The summed E-state index contributed by atoms with van der Waals surface area (Å²) in [5.41, 5.74) is 1.73. The molecule has 0 bridgehead atoms. The fourth-order valence-corrected chi connectivity index (χ4v) is 1.90. The van der Waals surface area contributed by atoms with Crippen LogP contribution in [0.4, 0.5) is 5.69 Å². The molecular weight excluding hydrogens is 272 g/mol. The van der Waals surface area contributed by atoms with Gasteiger partial charge in [0.2, 0.25) is 0 Å². The van der Waals surface area contributed by atoms with Gasteiger partial charge in [0.15, 0.2) is 5.78 Å². The van der Waals surface area contributed by atoms with Gasteiger partial charge in [0.25, 0.3) is 0 Å². The zero-order chi connectivity index (χ0) is 14.5. The lowest BCUT2D eigenvalue weighted by atomic mass is 10.0. The first-order valence-electron chi connectivity index (χ1n) is 6.18. The highest BCUT2D eigenvalue weighted by molar-refractivity contribution is 6.31. The summed E-state index contributed by atoms with van der Waals surface area (Å²) in [6.45, 7) is 0. The third kappa shape index (κ3) is 3.45. The van der Waals surface area contributed by atoms with E-state index in [4.69, 9.17) is 11.6 Å². The van der Waals surface area contributed by atoms with E-state index in [0.29, 0.717) is 21.8 Å². The van der Waals surface area contributed by atoms with Crippen LogP contribution in [0.15, 0.2) is 53.5 Å². The van der Waals surface area contributed by atoms with Crippen molar-refractivity contribution >= 4 is 29.4 Å². The standard InChI is InChI=1S/C16H15ClN2O/c1-19(2)11-18-15-9-8-13(17)10-14(15)16(20)12-6-4-3-5-7-12/h3-11H,1-2H3/b18-11+. The first kappa shape index (κ1) is 14.3. The number of halogens is 1. The maximum absolute atomic E-state index is 12.5. The first-order valence-corrected chi connectivity index (χ1v) is 6.55. The molecule has 2 aromatic rings. The summed E-state index contributed by atoms with van der Waals surface area (Å²) in [7, 11) is 3.75. The van der Waals surface area contributed by atoms with Crippen molar-refractivity contribution in [2.75, 3.05) is 14.1 Å². The van der Waals surface area contributed by atoms with Gasteiger partial charge in [-0.25, -0.2) is 4.99 Å². The molecule has 4 heteroatoms. The zero-order valence-electron chi connectivity index (χ0n) is 11.4. The second kappa shape index (κ2) is 6.35. The smallest absolute Gasteiger partial charge is 0.195 e. The summed E-state index contributed by atoms with van der Waals surface area (Å²) in [5.74, 6) is -0.0843. The van der Waals surface area contributed by atoms with Crippen molar-refractivity contribution in [3.05, 3.63) is 64.7 Å². The van der Waals surface area contributed by atoms with Crippen molar-refractivity contribution in [2.24, 2.45) is 4.99 Å². The summed E-state index contributed by atoms with van der Waals surface area (Å²) >= 11 is 6.00. The zero-order valence-corrected chi connectivity index (χ0v) is 12.1.